The molecule has 2 heterocycles. The lowest BCUT2D eigenvalue weighted by atomic mass is 10.1. The molecule has 2 aromatic rings. The molecule has 1 amide bonds. The van der Waals surface area contributed by atoms with Crippen molar-refractivity contribution in [3.8, 4) is 0 Å². The van der Waals surface area contributed by atoms with Gasteiger partial charge in [0, 0.05) is 31.9 Å². The lowest BCUT2D eigenvalue weighted by molar-refractivity contribution is -0.131. The molecule has 3 rings (SSSR count). The normalized spacial score (nSPS) is 18.0. The van der Waals surface area contributed by atoms with Crippen LogP contribution in [-0.4, -0.2) is 32.9 Å². The summed E-state index contributed by atoms with van der Waals surface area (Å²) < 4.78 is 1.98. The number of likely N-dealkylation sites (tertiary alicyclic amines) is 1. The van der Waals surface area contributed by atoms with E-state index in [1.165, 1.54) is 5.56 Å². The lowest BCUT2D eigenvalue weighted by Crippen LogP contribution is -2.34. The highest BCUT2D eigenvalue weighted by Crippen LogP contribution is 2.21. The van der Waals surface area contributed by atoms with Gasteiger partial charge in [-0.2, -0.15) is 0 Å². The summed E-state index contributed by atoms with van der Waals surface area (Å²) in [6.07, 6.45) is 11.4. The average molecular weight is 309 g/mol. The molecule has 0 saturated carbocycles. The van der Waals surface area contributed by atoms with Crippen molar-refractivity contribution in [2.24, 2.45) is 7.05 Å². The SMILES string of the molecule is Cn1cncc1CCC(=O)N1CCCC1/C=C/c1ccccc1. The Morgan fingerprint density at radius 3 is 2.91 bits per heavy atom. The molecule has 1 atom stereocenters. The molecule has 1 aromatic heterocycles. The first kappa shape index (κ1) is 15.5. The third-order valence-corrected chi connectivity index (χ3v) is 4.44. The monoisotopic (exact) mass is 309 g/mol. The lowest BCUT2D eigenvalue weighted by Gasteiger charge is -2.22. The highest BCUT2D eigenvalue weighted by atomic mass is 16.2. The van der Waals surface area contributed by atoms with E-state index in [1.54, 1.807) is 6.33 Å². The Bertz CT molecular complexity index is 675. The van der Waals surface area contributed by atoms with Gasteiger partial charge in [-0.3, -0.25) is 4.79 Å². The first-order valence-electron chi connectivity index (χ1n) is 8.22. The number of aromatic nitrogens is 2. The van der Waals surface area contributed by atoms with Crippen LogP contribution in [0.25, 0.3) is 6.08 Å². The number of hydrogen-bond donors (Lipinski definition) is 0. The molecule has 1 aliphatic heterocycles. The minimum atomic E-state index is 0.231. The molecule has 0 aliphatic carbocycles. The summed E-state index contributed by atoms with van der Waals surface area (Å²) in [4.78, 5) is 18.7. The fourth-order valence-corrected chi connectivity index (χ4v) is 3.09. The highest BCUT2D eigenvalue weighted by molar-refractivity contribution is 5.77. The Hall–Kier alpha value is -2.36. The Morgan fingerprint density at radius 1 is 1.35 bits per heavy atom. The van der Waals surface area contributed by atoms with Gasteiger partial charge in [0.1, 0.15) is 0 Å². The molecule has 1 aromatic carbocycles. The largest absolute Gasteiger partial charge is 0.338 e. The zero-order valence-electron chi connectivity index (χ0n) is 13.6. The second kappa shape index (κ2) is 7.27. The van der Waals surface area contributed by atoms with Crippen molar-refractivity contribution in [2.45, 2.75) is 31.7 Å². The number of carbonyl (C=O) groups excluding carboxylic acids is 1. The number of imidazole rings is 1. The zero-order valence-corrected chi connectivity index (χ0v) is 13.6. The number of benzene rings is 1. The third kappa shape index (κ3) is 3.89. The van der Waals surface area contributed by atoms with Crippen LogP contribution in [0.15, 0.2) is 48.9 Å². The van der Waals surface area contributed by atoms with E-state index in [0.717, 1.165) is 31.5 Å². The van der Waals surface area contributed by atoms with E-state index in [0.29, 0.717) is 6.42 Å². The van der Waals surface area contributed by atoms with Crippen LogP contribution in [0.5, 0.6) is 0 Å². The maximum Gasteiger partial charge on any atom is 0.223 e. The van der Waals surface area contributed by atoms with Crippen LogP contribution in [0.4, 0.5) is 0 Å². The summed E-state index contributed by atoms with van der Waals surface area (Å²) in [7, 11) is 1.97. The maximum absolute atomic E-state index is 12.5. The first-order valence-corrected chi connectivity index (χ1v) is 8.22. The van der Waals surface area contributed by atoms with Gasteiger partial charge >= 0.3 is 0 Å². The summed E-state index contributed by atoms with van der Waals surface area (Å²) in [5, 5.41) is 0. The number of aryl methyl sites for hydroxylation is 2. The van der Waals surface area contributed by atoms with Crippen molar-refractivity contribution in [2.75, 3.05) is 6.54 Å². The second-order valence-corrected chi connectivity index (χ2v) is 6.06. The average Bonchev–Trinajstić information content (AvgIpc) is 3.20. The molecular weight excluding hydrogens is 286 g/mol. The zero-order chi connectivity index (χ0) is 16.1. The number of rotatable bonds is 5. The number of hydrogen-bond acceptors (Lipinski definition) is 2. The van der Waals surface area contributed by atoms with Crippen LogP contribution in [0.3, 0.4) is 0 Å². The van der Waals surface area contributed by atoms with Crippen molar-refractivity contribution in [3.05, 3.63) is 60.2 Å². The minimum absolute atomic E-state index is 0.231. The van der Waals surface area contributed by atoms with Crippen molar-refractivity contribution >= 4 is 12.0 Å². The Balaban J connectivity index is 1.58. The van der Waals surface area contributed by atoms with E-state index in [1.807, 2.05) is 40.9 Å². The van der Waals surface area contributed by atoms with E-state index in [2.05, 4.69) is 29.3 Å². The molecule has 4 nitrogen and oxygen atoms in total. The molecule has 1 aliphatic rings. The predicted molar refractivity (Wildman–Crippen MR) is 91.7 cm³/mol. The molecule has 1 unspecified atom stereocenters. The molecule has 0 radical (unpaired) electrons. The minimum Gasteiger partial charge on any atom is -0.338 e. The summed E-state index contributed by atoms with van der Waals surface area (Å²) in [6.45, 7) is 0.869. The second-order valence-electron chi connectivity index (χ2n) is 6.06. The van der Waals surface area contributed by atoms with E-state index < -0.39 is 0 Å². The Labute approximate surface area is 137 Å². The fourth-order valence-electron chi connectivity index (χ4n) is 3.09. The molecular formula is C19H23N3O. The van der Waals surface area contributed by atoms with Crippen molar-refractivity contribution in [1.29, 1.82) is 0 Å². The van der Waals surface area contributed by atoms with Crippen molar-refractivity contribution in [3.63, 3.8) is 0 Å². The first-order chi connectivity index (χ1) is 11.2. The van der Waals surface area contributed by atoms with Gasteiger partial charge in [0.15, 0.2) is 0 Å². The predicted octanol–water partition coefficient (Wildman–Crippen LogP) is 3.06. The van der Waals surface area contributed by atoms with E-state index in [-0.39, 0.29) is 11.9 Å². The summed E-state index contributed by atoms with van der Waals surface area (Å²) in [5.41, 5.74) is 2.29. The van der Waals surface area contributed by atoms with Gasteiger partial charge in [-0.1, -0.05) is 42.5 Å². The molecule has 0 spiro atoms. The molecule has 23 heavy (non-hydrogen) atoms. The van der Waals surface area contributed by atoms with Crippen LogP contribution in [0, 0.1) is 0 Å². The van der Waals surface area contributed by atoms with Crippen LogP contribution in [0.1, 0.15) is 30.5 Å². The van der Waals surface area contributed by atoms with Gasteiger partial charge < -0.3 is 9.47 Å². The summed E-state index contributed by atoms with van der Waals surface area (Å²) in [5.74, 6) is 0.242. The van der Waals surface area contributed by atoms with Gasteiger partial charge in [0.2, 0.25) is 5.91 Å². The summed E-state index contributed by atoms with van der Waals surface area (Å²) in [6, 6.07) is 10.5. The quantitative estimate of drug-likeness (QED) is 0.851. The number of nitrogens with zero attached hydrogens (tertiary/aromatic N) is 3. The maximum atomic E-state index is 12.5. The van der Waals surface area contributed by atoms with Gasteiger partial charge in [-0.15, -0.1) is 0 Å². The molecule has 4 heteroatoms. The van der Waals surface area contributed by atoms with Crippen molar-refractivity contribution < 1.29 is 4.79 Å². The van der Waals surface area contributed by atoms with Crippen LogP contribution in [-0.2, 0) is 18.3 Å². The number of amides is 1. The number of carbonyl (C=O) groups is 1. The fraction of sp³-hybridized carbons (Fsp3) is 0.368. The van der Waals surface area contributed by atoms with Crippen LogP contribution < -0.4 is 0 Å². The summed E-state index contributed by atoms with van der Waals surface area (Å²) >= 11 is 0. The van der Waals surface area contributed by atoms with E-state index in [9.17, 15) is 4.79 Å². The standard InChI is InChI=1S/C19H23N3O/c1-21-15-20-14-18(21)11-12-19(23)22-13-5-8-17(22)10-9-16-6-3-2-4-7-16/h2-4,6-7,9-10,14-15,17H,5,8,11-13H2,1H3/b10-9+. The molecule has 120 valence electrons. The Kier molecular flexibility index (Phi) is 4.91. The molecule has 1 saturated heterocycles. The van der Waals surface area contributed by atoms with Crippen molar-refractivity contribution in [1.82, 2.24) is 14.5 Å². The third-order valence-electron chi connectivity index (χ3n) is 4.44. The van der Waals surface area contributed by atoms with Crippen LogP contribution >= 0.6 is 0 Å². The van der Waals surface area contributed by atoms with Gasteiger partial charge in [-0.05, 0) is 24.8 Å². The smallest absolute Gasteiger partial charge is 0.223 e. The highest BCUT2D eigenvalue weighted by Gasteiger charge is 2.26. The van der Waals surface area contributed by atoms with Gasteiger partial charge in [0.05, 0.1) is 12.4 Å². The van der Waals surface area contributed by atoms with Crippen LogP contribution in [0.2, 0.25) is 0 Å². The van der Waals surface area contributed by atoms with Gasteiger partial charge in [-0.25, -0.2) is 4.98 Å². The Morgan fingerprint density at radius 2 is 2.17 bits per heavy atom. The topological polar surface area (TPSA) is 38.1 Å². The van der Waals surface area contributed by atoms with E-state index >= 15 is 0 Å². The molecule has 0 bridgehead atoms. The molecule has 0 N–H and O–H groups in total. The van der Waals surface area contributed by atoms with E-state index in [4.69, 9.17) is 0 Å². The van der Waals surface area contributed by atoms with Gasteiger partial charge in [0.25, 0.3) is 0 Å². The molecule has 1 fully saturated rings.